The molecule has 0 aliphatic heterocycles. The number of benzene rings is 2. The van der Waals surface area contributed by atoms with Crippen LogP contribution in [0.3, 0.4) is 0 Å². The molecule has 0 saturated carbocycles. The maximum absolute atomic E-state index is 12.8. The second-order valence-corrected chi connectivity index (χ2v) is 6.42. The quantitative estimate of drug-likeness (QED) is 0.541. The van der Waals surface area contributed by atoms with Crippen LogP contribution in [0.4, 0.5) is 0 Å². The van der Waals surface area contributed by atoms with Gasteiger partial charge in [-0.05, 0) is 18.2 Å². The van der Waals surface area contributed by atoms with E-state index in [2.05, 4.69) is 15.3 Å². The predicted molar refractivity (Wildman–Crippen MR) is 107 cm³/mol. The predicted octanol–water partition coefficient (Wildman–Crippen LogP) is 2.45. The fraction of sp³-hybridized carbons (Fsp3) is 0.190. The summed E-state index contributed by atoms with van der Waals surface area (Å²) >= 11 is 0. The molecule has 0 unspecified atom stereocenters. The Hall–Kier alpha value is -3.45. The highest BCUT2D eigenvalue weighted by molar-refractivity contribution is 6.06. The van der Waals surface area contributed by atoms with Crippen LogP contribution < -0.4 is 10.9 Å². The van der Waals surface area contributed by atoms with Crippen molar-refractivity contribution in [1.29, 1.82) is 0 Å². The molecular formula is C21H20N4O3. The molecule has 4 aromatic rings. The Bertz CT molecular complexity index is 1210. The van der Waals surface area contributed by atoms with Gasteiger partial charge in [-0.1, -0.05) is 30.3 Å². The Morgan fingerprint density at radius 3 is 2.71 bits per heavy atom. The number of nitrogens with zero attached hydrogens (tertiary/aromatic N) is 2. The third-order valence-corrected chi connectivity index (χ3v) is 4.71. The van der Waals surface area contributed by atoms with E-state index < -0.39 is 0 Å². The van der Waals surface area contributed by atoms with Crippen LogP contribution in [0, 0.1) is 0 Å². The van der Waals surface area contributed by atoms with Gasteiger partial charge >= 0.3 is 0 Å². The number of aromatic amines is 1. The summed E-state index contributed by atoms with van der Waals surface area (Å²) in [6.45, 7) is 1.46. The van der Waals surface area contributed by atoms with Crippen molar-refractivity contribution in [1.82, 2.24) is 19.9 Å². The molecule has 2 aromatic carbocycles. The zero-order valence-corrected chi connectivity index (χ0v) is 15.4. The van der Waals surface area contributed by atoms with E-state index in [4.69, 9.17) is 4.74 Å². The SMILES string of the molecule is COCCn1c(CNC(=O)c2c[nH]c(=O)c3ccccc23)nc2ccccc21. The molecule has 2 heterocycles. The van der Waals surface area contributed by atoms with Crippen LogP contribution in [-0.2, 0) is 17.8 Å². The number of fused-ring (bicyclic) bond motifs is 2. The zero-order chi connectivity index (χ0) is 19.5. The Morgan fingerprint density at radius 1 is 1.14 bits per heavy atom. The van der Waals surface area contributed by atoms with E-state index in [1.54, 1.807) is 25.3 Å². The topological polar surface area (TPSA) is 89.0 Å². The number of hydrogen-bond acceptors (Lipinski definition) is 4. The third kappa shape index (κ3) is 3.27. The van der Waals surface area contributed by atoms with Crippen molar-refractivity contribution in [3.63, 3.8) is 0 Å². The van der Waals surface area contributed by atoms with Crippen molar-refractivity contribution < 1.29 is 9.53 Å². The molecule has 28 heavy (non-hydrogen) atoms. The fourth-order valence-corrected chi connectivity index (χ4v) is 3.34. The number of ether oxygens (including phenoxy) is 1. The minimum Gasteiger partial charge on any atom is -0.383 e. The van der Waals surface area contributed by atoms with Gasteiger partial charge < -0.3 is 19.6 Å². The Kier molecular flexibility index (Phi) is 4.90. The molecule has 0 fully saturated rings. The van der Waals surface area contributed by atoms with Gasteiger partial charge in [0.25, 0.3) is 11.5 Å². The van der Waals surface area contributed by atoms with Gasteiger partial charge in [0.05, 0.1) is 29.7 Å². The van der Waals surface area contributed by atoms with Gasteiger partial charge in [0.2, 0.25) is 0 Å². The summed E-state index contributed by atoms with van der Waals surface area (Å²) in [4.78, 5) is 32.0. The van der Waals surface area contributed by atoms with Crippen molar-refractivity contribution in [3.05, 3.63) is 76.5 Å². The van der Waals surface area contributed by atoms with Gasteiger partial charge in [-0.3, -0.25) is 9.59 Å². The Morgan fingerprint density at radius 2 is 1.89 bits per heavy atom. The lowest BCUT2D eigenvalue weighted by Crippen LogP contribution is -2.26. The van der Waals surface area contributed by atoms with Crippen molar-refractivity contribution >= 4 is 27.7 Å². The van der Waals surface area contributed by atoms with Gasteiger partial charge in [0.1, 0.15) is 5.82 Å². The number of rotatable bonds is 6. The molecule has 1 amide bonds. The molecule has 7 heteroatoms. The van der Waals surface area contributed by atoms with E-state index in [-0.39, 0.29) is 18.0 Å². The number of carbonyl (C=O) groups excluding carboxylic acids is 1. The highest BCUT2D eigenvalue weighted by atomic mass is 16.5. The molecule has 0 aliphatic rings. The number of nitrogens with one attached hydrogen (secondary N) is 2. The molecule has 0 spiro atoms. The maximum Gasteiger partial charge on any atom is 0.255 e. The number of methoxy groups -OCH3 is 1. The molecular weight excluding hydrogens is 356 g/mol. The van der Waals surface area contributed by atoms with Gasteiger partial charge in [0.15, 0.2) is 0 Å². The number of imidazole rings is 1. The van der Waals surface area contributed by atoms with Gasteiger partial charge in [-0.25, -0.2) is 4.98 Å². The molecule has 0 bridgehead atoms. The van der Waals surface area contributed by atoms with E-state index in [0.717, 1.165) is 16.9 Å². The van der Waals surface area contributed by atoms with Crippen LogP contribution >= 0.6 is 0 Å². The number of aromatic nitrogens is 3. The molecule has 142 valence electrons. The summed E-state index contributed by atoms with van der Waals surface area (Å²) in [6, 6.07) is 14.9. The van der Waals surface area contributed by atoms with Crippen LogP contribution in [0.25, 0.3) is 21.8 Å². The van der Waals surface area contributed by atoms with Crippen LogP contribution in [-0.4, -0.2) is 34.2 Å². The van der Waals surface area contributed by atoms with Crippen molar-refractivity contribution in [2.24, 2.45) is 0 Å². The van der Waals surface area contributed by atoms with Gasteiger partial charge in [-0.2, -0.15) is 0 Å². The molecule has 0 radical (unpaired) electrons. The summed E-state index contributed by atoms with van der Waals surface area (Å²) in [7, 11) is 1.65. The summed E-state index contributed by atoms with van der Waals surface area (Å²) in [5, 5.41) is 4.03. The number of H-pyrrole nitrogens is 1. The molecule has 0 aliphatic carbocycles. The number of amides is 1. The van der Waals surface area contributed by atoms with E-state index in [0.29, 0.717) is 29.5 Å². The summed E-state index contributed by atoms with van der Waals surface area (Å²) in [6.07, 6.45) is 1.45. The summed E-state index contributed by atoms with van der Waals surface area (Å²) < 4.78 is 7.25. The molecule has 2 aromatic heterocycles. The minimum atomic E-state index is -0.266. The monoisotopic (exact) mass is 376 g/mol. The molecule has 7 nitrogen and oxygen atoms in total. The van der Waals surface area contributed by atoms with E-state index in [1.165, 1.54) is 6.20 Å². The first-order chi connectivity index (χ1) is 13.7. The van der Waals surface area contributed by atoms with Gasteiger partial charge in [0, 0.05) is 30.6 Å². The second-order valence-electron chi connectivity index (χ2n) is 6.42. The normalized spacial score (nSPS) is 11.2. The van der Waals surface area contributed by atoms with E-state index in [1.807, 2.05) is 34.9 Å². The Labute approximate surface area is 161 Å². The number of carbonyl (C=O) groups is 1. The number of hydrogen-bond donors (Lipinski definition) is 2. The third-order valence-electron chi connectivity index (χ3n) is 4.71. The number of pyridine rings is 1. The van der Waals surface area contributed by atoms with Crippen molar-refractivity contribution in [3.8, 4) is 0 Å². The first kappa shape index (κ1) is 17.9. The zero-order valence-electron chi connectivity index (χ0n) is 15.4. The highest BCUT2D eigenvalue weighted by Crippen LogP contribution is 2.17. The van der Waals surface area contributed by atoms with Crippen LogP contribution in [0.1, 0.15) is 16.2 Å². The maximum atomic E-state index is 12.8. The molecule has 4 rings (SSSR count). The lowest BCUT2D eigenvalue weighted by Gasteiger charge is -2.10. The fourth-order valence-electron chi connectivity index (χ4n) is 3.34. The first-order valence-electron chi connectivity index (χ1n) is 9.00. The van der Waals surface area contributed by atoms with Crippen LogP contribution in [0.5, 0.6) is 0 Å². The standard InChI is InChI=1S/C21H20N4O3/c1-28-11-10-25-18-9-5-4-8-17(18)24-19(25)13-23-21(27)16-12-22-20(26)15-7-3-2-6-14(15)16/h2-9,12H,10-11,13H2,1H3,(H,22,26)(H,23,27). The minimum absolute atomic E-state index is 0.214. The molecule has 2 N–H and O–H groups in total. The van der Waals surface area contributed by atoms with E-state index >= 15 is 0 Å². The second kappa shape index (κ2) is 7.66. The number of para-hydroxylation sites is 2. The first-order valence-corrected chi connectivity index (χ1v) is 9.00. The van der Waals surface area contributed by atoms with Gasteiger partial charge in [-0.15, -0.1) is 0 Å². The molecule has 0 atom stereocenters. The Balaban J connectivity index is 1.62. The lowest BCUT2D eigenvalue weighted by atomic mass is 10.1. The lowest BCUT2D eigenvalue weighted by molar-refractivity contribution is 0.0950. The van der Waals surface area contributed by atoms with Crippen molar-refractivity contribution in [2.45, 2.75) is 13.1 Å². The smallest absolute Gasteiger partial charge is 0.255 e. The van der Waals surface area contributed by atoms with E-state index in [9.17, 15) is 9.59 Å². The molecule has 0 saturated heterocycles. The average Bonchev–Trinajstić information content (AvgIpc) is 3.08. The largest absolute Gasteiger partial charge is 0.383 e. The summed E-state index contributed by atoms with van der Waals surface area (Å²) in [5.41, 5.74) is 2.08. The van der Waals surface area contributed by atoms with Crippen LogP contribution in [0.15, 0.2) is 59.5 Å². The van der Waals surface area contributed by atoms with Crippen molar-refractivity contribution in [2.75, 3.05) is 13.7 Å². The van der Waals surface area contributed by atoms with Crippen LogP contribution in [0.2, 0.25) is 0 Å². The summed E-state index contributed by atoms with van der Waals surface area (Å²) in [5.74, 6) is 0.484. The highest BCUT2D eigenvalue weighted by Gasteiger charge is 2.15. The average molecular weight is 376 g/mol.